The molecule has 0 amide bonds. The summed E-state index contributed by atoms with van der Waals surface area (Å²) >= 11 is 0. The van der Waals surface area contributed by atoms with Crippen molar-refractivity contribution in [1.82, 2.24) is 10.2 Å². The minimum absolute atomic E-state index is 0.0254. The molecule has 0 saturated carbocycles. The van der Waals surface area contributed by atoms with Crippen molar-refractivity contribution in [2.24, 2.45) is 0 Å². The largest absolute Gasteiger partial charge is 0.476 e. The number of carboxylic acid groups (broad SMARTS) is 1. The predicted molar refractivity (Wildman–Crippen MR) is 49.2 cm³/mol. The van der Waals surface area contributed by atoms with E-state index < -0.39 is 5.97 Å². The maximum Gasteiger partial charge on any atom is 0.356 e. The zero-order chi connectivity index (χ0) is 10.6. The van der Waals surface area contributed by atoms with Crippen LogP contribution in [0, 0.1) is 0 Å². The maximum atomic E-state index is 10.4. The topological polar surface area (TPSA) is 95.3 Å². The second-order valence-corrected chi connectivity index (χ2v) is 2.84. The van der Waals surface area contributed by atoms with Gasteiger partial charge in [-0.3, -0.25) is 0 Å². The number of carboxylic acids is 1. The smallest absolute Gasteiger partial charge is 0.356 e. The van der Waals surface area contributed by atoms with Gasteiger partial charge < -0.3 is 15.5 Å². The molecule has 76 valence electrons. The number of aliphatic hydroxyl groups excluding tert-OH is 1. The van der Waals surface area contributed by atoms with Crippen molar-refractivity contribution in [1.29, 1.82) is 0 Å². The molecule has 1 heterocycles. The van der Waals surface area contributed by atoms with Gasteiger partial charge in [0, 0.05) is 6.04 Å². The summed E-state index contributed by atoms with van der Waals surface area (Å²) in [7, 11) is 0. The number of anilines is 1. The monoisotopic (exact) mass is 197 g/mol. The Bertz CT molecular complexity index is 312. The third kappa shape index (κ3) is 2.67. The summed E-state index contributed by atoms with van der Waals surface area (Å²) in [6.07, 6.45) is 0. The molecule has 0 radical (unpaired) electrons. The van der Waals surface area contributed by atoms with E-state index >= 15 is 0 Å². The van der Waals surface area contributed by atoms with Crippen molar-refractivity contribution in [2.45, 2.75) is 13.0 Å². The van der Waals surface area contributed by atoms with Gasteiger partial charge in [0.05, 0.1) is 6.61 Å². The van der Waals surface area contributed by atoms with Crippen molar-refractivity contribution in [3.63, 3.8) is 0 Å². The maximum absolute atomic E-state index is 10.4. The van der Waals surface area contributed by atoms with Crippen LogP contribution in [0.25, 0.3) is 0 Å². The Kier molecular flexibility index (Phi) is 3.35. The molecule has 3 N–H and O–H groups in total. The second-order valence-electron chi connectivity index (χ2n) is 2.84. The molecule has 1 aromatic heterocycles. The van der Waals surface area contributed by atoms with Crippen molar-refractivity contribution in [3.05, 3.63) is 17.8 Å². The molecule has 1 aromatic rings. The molecule has 6 nitrogen and oxygen atoms in total. The summed E-state index contributed by atoms with van der Waals surface area (Å²) in [5.41, 5.74) is -0.104. The summed E-state index contributed by atoms with van der Waals surface area (Å²) in [6, 6.07) is 2.71. The van der Waals surface area contributed by atoms with Crippen LogP contribution in [0.5, 0.6) is 0 Å². The highest BCUT2D eigenvalue weighted by molar-refractivity contribution is 5.85. The first-order chi connectivity index (χ1) is 6.63. The second kappa shape index (κ2) is 4.52. The third-order valence-electron chi connectivity index (χ3n) is 1.55. The van der Waals surface area contributed by atoms with Crippen LogP contribution < -0.4 is 5.32 Å². The molecule has 0 fully saturated rings. The van der Waals surface area contributed by atoms with Gasteiger partial charge in [0.15, 0.2) is 5.69 Å². The number of hydrogen-bond acceptors (Lipinski definition) is 5. The lowest BCUT2D eigenvalue weighted by molar-refractivity contribution is 0.0689. The fourth-order valence-electron chi connectivity index (χ4n) is 0.821. The minimum atomic E-state index is -1.11. The number of aromatic nitrogens is 2. The predicted octanol–water partition coefficient (Wildman–Crippen LogP) is -0.0325. The van der Waals surface area contributed by atoms with Crippen molar-refractivity contribution in [3.8, 4) is 0 Å². The zero-order valence-electron chi connectivity index (χ0n) is 7.64. The van der Waals surface area contributed by atoms with E-state index in [-0.39, 0.29) is 18.3 Å². The van der Waals surface area contributed by atoms with Crippen LogP contribution in [-0.2, 0) is 0 Å². The molecule has 0 aliphatic carbocycles. The Morgan fingerprint density at radius 1 is 1.57 bits per heavy atom. The normalized spacial score (nSPS) is 12.1. The summed E-state index contributed by atoms with van der Waals surface area (Å²) in [6.45, 7) is 1.75. The van der Waals surface area contributed by atoms with Crippen LogP contribution in [0.4, 0.5) is 5.82 Å². The summed E-state index contributed by atoms with van der Waals surface area (Å²) in [5, 5.41) is 27.2. The van der Waals surface area contributed by atoms with E-state index in [9.17, 15) is 4.79 Å². The molecule has 0 saturated heterocycles. The SMILES string of the molecule is CC(CO)Nc1ccc(C(=O)O)nn1. The van der Waals surface area contributed by atoms with E-state index in [1.807, 2.05) is 0 Å². The van der Waals surface area contributed by atoms with Gasteiger partial charge in [0.25, 0.3) is 0 Å². The number of aromatic carboxylic acids is 1. The summed E-state index contributed by atoms with van der Waals surface area (Å²) in [5.74, 6) is -0.671. The molecule has 0 spiro atoms. The van der Waals surface area contributed by atoms with Crippen LogP contribution in [0.2, 0.25) is 0 Å². The highest BCUT2D eigenvalue weighted by atomic mass is 16.4. The molecule has 0 aliphatic rings. The first-order valence-electron chi connectivity index (χ1n) is 4.08. The first-order valence-corrected chi connectivity index (χ1v) is 4.08. The number of nitrogens with zero attached hydrogens (tertiary/aromatic N) is 2. The highest BCUT2D eigenvalue weighted by Crippen LogP contribution is 2.03. The Labute approximate surface area is 80.6 Å². The van der Waals surface area contributed by atoms with Gasteiger partial charge in [-0.1, -0.05) is 0 Å². The molecule has 1 unspecified atom stereocenters. The number of rotatable bonds is 4. The summed E-state index contributed by atoms with van der Waals surface area (Å²) in [4.78, 5) is 10.4. The van der Waals surface area contributed by atoms with E-state index in [1.165, 1.54) is 12.1 Å². The summed E-state index contributed by atoms with van der Waals surface area (Å²) < 4.78 is 0. The van der Waals surface area contributed by atoms with E-state index in [0.717, 1.165) is 0 Å². The first kappa shape index (κ1) is 10.4. The van der Waals surface area contributed by atoms with Gasteiger partial charge in [0.1, 0.15) is 5.82 Å². The van der Waals surface area contributed by atoms with Gasteiger partial charge in [-0.2, -0.15) is 0 Å². The van der Waals surface area contributed by atoms with Gasteiger partial charge in [-0.25, -0.2) is 4.79 Å². The molecule has 0 bridgehead atoms. The number of carbonyl (C=O) groups is 1. The van der Waals surface area contributed by atoms with Crippen molar-refractivity contribution < 1.29 is 15.0 Å². The van der Waals surface area contributed by atoms with E-state index in [1.54, 1.807) is 6.92 Å². The molecule has 6 heteroatoms. The molecule has 0 aliphatic heterocycles. The van der Waals surface area contributed by atoms with E-state index in [2.05, 4.69) is 15.5 Å². The van der Waals surface area contributed by atoms with Crippen molar-refractivity contribution in [2.75, 3.05) is 11.9 Å². The molecule has 1 rings (SSSR count). The lowest BCUT2D eigenvalue weighted by Gasteiger charge is -2.09. The zero-order valence-corrected chi connectivity index (χ0v) is 7.64. The van der Waals surface area contributed by atoms with Crippen LogP contribution >= 0.6 is 0 Å². The van der Waals surface area contributed by atoms with Crippen LogP contribution in [-0.4, -0.2) is 39.0 Å². The number of nitrogens with one attached hydrogen (secondary N) is 1. The van der Waals surface area contributed by atoms with Crippen molar-refractivity contribution >= 4 is 11.8 Å². The Hall–Kier alpha value is -1.69. The van der Waals surface area contributed by atoms with Gasteiger partial charge in [-0.05, 0) is 19.1 Å². The molecular formula is C8H11N3O3. The van der Waals surface area contributed by atoms with E-state index in [4.69, 9.17) is 10.2 Å². The lowest BCUT2D eigenvalue weighted by Crippen LogP contribution is -2.20. The number of hydrogen-bond donors (Lipinski definition) is 3. The minimum Gasteiger partial charge on any atom is -0.476 e. The highest BCUT2D eigenvalue weighted by Gasteiger charge is 2.06. The van der Waals surface area contributed by atoms with Crippen LogP contribution in [0.1, 0.15) is 17.4 Å². The van der Waals surface area contributed by atoms with Crippen LogP contribution in [0.15, 0.2) is 12.1 Å². The quantitative estimate of drug-likeness (QED) is 0.627. The Morgan fingerprint density at radius 3 is 2.71 bits per heavy atom. The number of aliphatic hydroxyl groups is 1. The Balaban J connectivity index is 2.68. The fourth-order valence-corrected chi connectivity index (χ4v) is 0.821. The lowest BCUT2D eigenvalue weighted by atomic mass is 10.3. The Morgan fingerprint density at radius 2 is 2.29 bits per heavy atom. The van der Waals surface area contributed by atoms with Gasteiger partial charge in [0.2, 0.25) is 0 Å². The average molecular weight is 197 g/mol. The average Bonchev–Trinajstić information content (AvgIpc) is 2.18. The molecule has 0 aromatic carbocycles. The molecular weight excluding hydrogens is 186 g/mol. The van der Waals surface area contributed by atoms with E-state index in [0.29, 0.717) is 5.82 Å². The fraction of sp³-hybridized carbons (Fsp3) is 0.375. The standard InChI is InChI=1S/C8H11N3O3/c1-5(4-12)9-7-3-2-6(8(13)14)10-11-7/h2-3,5,12H,4H2,1H3,(H,9,11)(H,13,14). The third-order valence-corrected chi connectivity index (χ3v) is 1.55. The molecule has 1 atom stereocenters. The molecule has 14 heavy (non-hydrogen) atoms. The van der Waals surface area contributed by atoms with Gasteiger partial charge in [-0.15, -0.1) is 10.2 Å². The van der Waals surface area contributed by atoms with Crippen LogP contribution in [0.3, 0.4) is 0 Å². The van der Waals surface area contributed by atoms with Gasteiger partial charge >= 0.3 is 5.97 Å².